The van der Waals surface area contributed by atoms with Crippen LogP contribution in [0.4, 0.5) is 0 Å². The molecule has 1 amide bonds. The lowest BCUT2D eigenvalue weighted by Crippen LogP contribution is -2.53. The van der Waals surface area contributed by atoms with E-state index in [1.165, 1.54) is 6.07 Å². The topological polar surface area (TPSA) is 120 Å². The maximum Gasteiger partial charge on any atom is 0.547 e. The van der Waals surface area contributed by atoms with Gasteiger partial charge in [0.2, 0.25) is 5.91 Å². The number of carboxylic acid groups (broad SMARTS) is 1. The van der Waals surface area contributed by atoms with E-state index in [9.17, 15) is 25.0 Å². The molecule has 1 saturated carbocycles. The lowest BCUT2D eigenvalue weighted by atomic mass is 9.72. The number of carbonyl (C=O) groups is 2. The van der Waals surface area contributed by atoms with Crippen molar-refractivity contribution >= 4 is 19.0 Å². The minimum Gasteiger partial charge on any atom is -0.534 e. The van der Waals surface area contributed by atoms with Gasteiger partial charge in [-0.15, -0.1) is 0 Å². The van der Waals surface area contributed by atoms with Crippen LogP contribution in [0.1, 0.15) is 48.0 Å². The summed E-state index contributed by atoms with van der Waals surface area (Å²) in [5.74, 6) is -1.98. The standard InChI is InChI=1S/C17H19BN2O5/c19-10-17(6-1-2-7-17)9-14(21)20-13-8-11-4-3-5-12(16(22)23)15(11)25-18(13)24/h3-5,13,24H,1-2,6-9H2,(H,20,21)(H,22,23). The number of amides is 1. The Balaban J connectivity index is 1.70. The second-order valence-electron chi connectivity index (χ2n) is 6.76. The summed E-state index contributed by atoms with van der Waals surface area (Å²) < 4.78 is 5.35. The Kier molecular flexibility index (Phi) is 4.68. The van der Waals surface area contributed by atoms with Crippen molar-refractivity contribution in [1.29, 1.82) is 5.26 Å². The smallest absolute Gasteiger partial charge is 0.534 e. The number of aromatic carboxylic acids is 1. The van der Waals surface area contributed by atoms with Crippen LogP contribution in [0.25, 0.3) is 0 Å². The maximum atomic E-state index is 12.3. The van der Waals surface area contributed by atoms with Crippen LogP contribution in [0.15, 0.2) is 18.2 Å². The molecule has 3 N–H and O–H groups in total. The number of carboxylic acids is 1. The third-order valence-electron chi connectivity index (χ3n) is 4.99. The molecule has 0 radical (unpaired) electrons. The highest BCUT2D eigenvalue weighted by atomic mass is 16.5. The van der Waals surface area contributed by atoms with Crippen LogP contribution < -0.4 is 9.97 Å². The zero-order valence-electron chi connectivity index (χ0n) is 13.7. The minimum absolute atomic E-state index is 0.0179. The lowest BCUT2D eigenvalue weighted by Gasteiger charge is -2.29. The molecule has 0 bridgehead atoms. The Morgan fingerprint density at radius 1 is 1.40 bits per heavy atom. The van der Waals surface area contributed by atoms with Crippen LogP contribution >= 0.6 is 0 Å². The summed E-state index contributed by atoms with van der Waals surface area (Å²) in [6, 6.07) is 6.99. The fraction of sp³-hybridized carbons (Fsp3) is 0.471. The highest BCUT2D eigenvalue weighted by Crippen LogP contribution is 2.40. The number of hydrogen-bond acceptors (Lipinski definition) is 5. The zero-order chi connectivity index (χ0) is 18.0. The molecule has 25 heavy (non-hydrogen) atoms. The summed E-state index contributed by atoms with van der Waals surface area (Å²) in [5.41, 5.74) is -0.0130. The zero-order valence-corrected chi connectivity index (χ0v) is 13.7. The van der Waals surface area contributed by atoms with Crippen molar-refractivity contribution in [3.8, 4) is 11.8 Å². The maximum absolute atomic E-state index is 12.3. The van der Waals surface area contributed by atoms with E-state index in [1.807, 2.05) is 0 Å². The molecule has 0 saturated heterocycles. The molecule has 7 nitrogen and oxygen atoms in total. The van der Waals surface area contributed by atoms with Crippen LogP contribution in [0.3, 0.4) is 0 Å². The van der Waals surface area contributed by atoms with Gasteiger partial charge in [0.1, 0.15) is 5.75 Å². The van der Waals surface area contributed by atoms with Gasteiger partial charge < -0.3 is 20.1 Å². The Bertz CT molecular complexity index is 739. The molecular formula is C17H19BN2O5. The summed E-state index contributed by atoms with van der Waals surface area (Å²) in [6.07, 6.45) is 3.69. The molecule has 8 heteroatoms. The van der Waals surface area contributed by atoms with Crippen molar-refractivity contribution in [2.45, 2.75) is 44.5 Å². The summed E-state index contributed by atoms with van der Waals surface area (Å²) in [4.78, 5) is 23.6. The van der Waals surface area contributed by atoms with Gasteiger partial charge in [0.15, 0.2) is 0 Å². The third-order valence-corrected chi connectivity index (χ3v) is 4.99. The van der Waals surface area contributed by atoms with Gasteiger partial charge in [-0.05, 0) is 30.9 Å². The summed E-state index contributed by atoms with van der Waals surface area (Å²) in [5, 5.41) is 31.5. The highest BCUT2D eigenvalue weighted by Gasteiger charge is 2.40. The largest absolute Gasteiger partial charge is 0.547 e. The van der Waals surface area contributed by atoms with Crippen LogP contribution in [0.2, 0.25) is 0 Å². The van der Waals surface area contributed by atoms with Gasteiger partial charge in [-0.1, -0.05) is 25.0 Å². The van der Waals surface area contributed by atoms with Gasteiger partial charge in [-0.25, -0.2) is 4.79 Å². The fourth-order valence-corrected chi connectivity index (χ4v) is 3.66. The van der Waals surface area contributed by atoms with Gasteiger partial charge >= 0.3 is 13.1 Å². The van der Waals surface area contributed by atoms with Crippen molar-refractivity contribution in [2.24, 2.45) is 5.41 Å². The second kappa shape index (κ2) is 6.77. The number of hydrogen-bond donors (Lipinski definition) is 3. The average molecular weight is 342 g/mol. The monoisotopic (exact) mass is 342 g/mol. The average Bonchev–Trinajstić information content (AvgIpc) is 3.03. The Morgan fingerprint density at radius 3 is 2.76 bits per heavy atom. The van der Waals surface area contributed by atoms with E-state index in [-0.39, 0.29) is 30.1 Å². The van der Waals surface area contributed by atoms with Crippen LogP contribution in [0.5, 0.6) is 5.75 Å². The Labute approximate surface area is 145 Å². The van der Waals surface area contributed by atoms with E-state index in [1.54, 1.807) is 12.1 Å². The number of nitriles is 1. The number of rotatable bonds is 4. The van der Waals surface area contributed by atoms with Gasteiger partial charge in [0.25, 0.3) is 0 Å². The number of nitrogens with one attached hydrogen (secondary N) is 1. The van der Waals surface area contributed by atoms with Crippen LogP contribution in [-0.4, -0.2) is 35.1 Å². The van der Waals surface area contributed by atoms with E-state index >= 15 is 0 Å². The SMILES string of the molecule is N#CC1(CC(=O)NC2Cc3cccc(C(=O)O)c3OB2O)CCCC1. The van der Waals surface area contributed by atoms with E-state index in [0.717, 1.165) is 12.8 Å². The lowest BCUT2D eigenvalue weighted by molar-refractivity contribution is -0.123. The second-order valence-corrected chi connectivity index (χ2v) is 6.76. The first kappa shape index (κ1) is 17.3. The van der Waals surface area contributed by atoms with E-state index in [4.69, 9.17) is 4.65 Å². The minimum atomic E-state index is -1.33. The first-order valence-electron chi connectivity index (χ1n) is 8.35. The summed E-state index contributed by atoms with van der Waals surface area (Å²) in [6.45, 7) is 0. The fourth-order valence-electron chi connectivity index (χ4n) is 3.66. The van der Waals surface area contributed by atoms with E-state index < -0.39 is 24.4 Å². The number of para-hydroxylation sites is 1. The van der Waals surface area contributed by atoms with Gasteiger partial charge in [0, 0.05) is 6.42 Å². The molecule has 1 atom stereocenters. The molecule has 2 aliphatic rings. The number of nitrogens with zero attached hydrogens (tertiary/aromatic N) is 1. The summed E-state index contributed by atoms with van der Waals surface area (Å²) >= 11 is 0. The van der Waals surface area contributed by atoms with E-state index in [0.29, 0.717) is 18.4 Å². The van der Waals surface area contributed by atoms with Crippen molar-refractivity contribution in [2.75, 3.05) is 0 Å². The molecule has 1 aliphatic carbocycles. The van der Waals surface area contributed by atoms with Gasteiger partial charge in [-0.3, -0.25) is 4.79 Å². The first-order chi connectivity index (χ1) is 11.9. The van der Waals surface area contributed by atoms with E-state index in [2.05, 4.69) is 11.4 Å². The molecule has 1 fully saturated rings. The number of benzene rings is 1. The first-order valence-corrected chi connectivity index (χ1v) is 8.35. The molecule has 1 aliphatic heterocycles. The summed E-state index contributed by atoms with van der Waals surface area (Å²) in [7, 11) is -1.33. The number of fused-ring (bicyclic) bond motifs is 1. The van der Waals surface area contributed by atoms with Gasteiger partial charge in [0.05, 0.1) is 23.0 Å². The quantitative estimate of drug-likeness (QED) is 0.710. The molecule has 0 spiro atoms. The van der Waals surface area contributed by atoms with Crippen molar-refractivity contribution < 1.29 is 24.4 Å². The predicted octanol–water partition coefficient (Wildman–Crippen LogP) is 1.30. The number of carbonyl (C=O) groups excluding carboxylic acids is 1. The molecule has 1 aromatic carbocycles. The molecule has 1 aromatic rings. The Hall–Kier alpha value is -2.53. The molecule has 130 valence electrons. The molecule has 1 heterocycles. The van der Waals surface area contributed by atoms with Gasteiger partial charge in [-0.2, -0.15) is 5.26 Å². The van der Waals surface area contributed by atoms with Crippen molar-refractivity contribution in [3.05, 3.63) is 29.3 Å². The normalized spacial score (nSPS) is 21.0. The molecule has 0 aromatic heterocycles. The van der Waals surface area contributed by atoms with Crippen molar-refractivity contribution in [3.63, 3.8) is 0 Å². The molecular weight excluding hydrogens is 323 g/mol. The van der Waals surface area contributed by atoms with Crippen LogP contribution in [-0.2, 0) is 11.2 Å². The van der Waals surface area contributed by atoms with Crippen molar-refractivity contribution in [1.82, 2.24) is 5.32 Å². The third kappa shape index (κ3) is 3.47. The molecule has 3 rings (SSSR count). The highest BCUT2D eigenvalue weighted by molar-refractivity contribution is 6.47. The Morgan fingerprint density at radius 2 is 2.12 bits per heavy atom. The van der Waals surface area contributed by atoms with Crippen LogP contribution in [0, 0.1) is 16.7 Å². The molecule has 1 unspecified atom stereocenters. The predicted molar refractivity (Wildman–Crippen MR) is 88.8 cm³/mol.